The number of nitrogens with zero attached hydrogens (tertiary/aromatic N) is 3. The topological polar surface area (TPSA) is 75.5 Å². The van der Waals surface area contributed by atoms with Crippen LogP contribution in [0.3, 0.4) is 0 Å². The maximum Gasteiger partial charge on any atom is 0.228 e. The van der Waals surface area contributed by atoms with Gasteiger partial charge in [0.15, 0.2) is 0 Å². The van der Waals surface area contributed by atoms with E-state index in [1.165, 1.54) is 0 Å². The molecule has 1 fully saturated rings. The van der Waals surface area contributed by atoms with Gasteiger partial charge < -0.3 is 14.7 Å². The molecule has 1 N–H and O–H groups in total. The minimum atomic E-state index is -0.866. The lowest BCUT2D eigenvalue weighted by atomic mass is 9.88. The van der Waals surface area contributed by atoms with Crippen molar-refractivity contribution in [3.8, 4) is 29.2 Å². The molecule has 1 aliphatic rings. The Kier molecular flexibility index (Phi) is 5.88. The molecule has 158 valence electrons. The van der Waals surface area contributed by atoms with Crippen molar-refractivity contribution >= 4 is 16.9 Å². The number of piperidine rings is 1. The van der Waals surface area contributed by atoms with Crippen LogP contribution in [0.25, 0.3) is 22.2 Å². The lowest BCUT2D eigenvalue weighted by Gasteiger charge is -2.37. The zero-order valence-electron chi connectivity index (χ0n) is 17.5. The van der Waals surface area contributed by atoms with Gasteiger partial charge in [-0.15, -0.1) is 12.3 Å². The second-order valence-corrected chi connectivity index (χ2v) is 7.90. The molecule has 4 rings (SSSR count). The highest BCUT2D eigenvalue weighted by atomic mass is 16.5. The Morgan fingerprint density at radius 1 is 1.19 bits per heavy atom. The van der Waals surface area contributed by atoms with Crippen LogP contribution in [0.2, 0.25) is 0 Å². The summed E-state index contributed by atoms with van der Waals surface area (Å²) in [5.41, 5.74) is 3.10. The van der Waals surface area contributed by atoms with Crippen LogP contribution in [0.15, 0.2) is 48.7 Å². The average molecular weight is 415 g/mol. The highest BCUT2D eigenvalue weighted by Crippen LogP contribution is 2.32. The van der Waals surface area contributed by atoms with Crippen molar-refractivity contribution in [3.63, 3.8) is 0 Å². The molecule has 1 amide bonds. The van der Waals surface area contributed by atoms with Gasteiger partial charge in [0.05, 0.1) is 24.8 Å². The molecule has 0 atom stereocenters. The van der Waals surface area contributed by atoms with Crippen molar-refractivity contribution in [2.75, 3.05) is 20.2 Å². The predicted octanol–water partition coefficient (Wildman–Crippen LogP) is 3.22. The van der Waals surface area contributed by atoms with Gasteiger partial charge in [-0.3, -0.25) is 9.78 Å². The van der Waals surface area contributed by atoms with E-state index in [1.54, 1.807) is 18.2 Å². The number of carbonyl (C=O) groups is 1. The van der Waals surface area contributed by atoms with Crippen molar-refractivity contribution in [1.82, 2.24) is 14.9 Å². The molecule has 2 aromatic carbocycles. The quantitative estimate of drug-likeness (QED) is 0.648. The third-order valence-corrected chi connectivity index (χ3v) is 5.83. The largest absolute Gasteiger partial charge is 0.494 e. The van der Waals surface area contributed by atoms with E-state index in [0.717, 1.165) is 16.6 Å². The van der Waals surface area contributed by atoms with Gasteiger partial charge in [-0.1, -0.05) is 30.3 Å². The minimum Gasteiger partial charge on any atom is -0.494 e. The van der Waals surface area contributed by atoms with Gasteiger partial charge in [0, 0.05) is 31.3 Å². The SMILES string of the molecule is C#CCC1(O)CCN(C(=O)Cc2cnc3c(-c4ccccc4)ccc(OC)c3n2)CC1. The highest BCUT2D eigenvalue weighted by Gasteiger charge is 2.33. The number of fused-ring (bicyclic) bond motifs is 1. The number of likely N-dealkylation sites (tertiary alicyclic amines) is 1. The molecule has 0 spiro atoms. The summed E-state index contributed by atoms with van der Waals surface area (Å²) in [6.07, 6.45) is 8.44. The van der Waals surface area contributed by atoms with Gasteiger partial charge in [0.1, 0.15) is 16.8 Å². The molecule has 0 saturated carbocycles. The summed E-state index contributed by atoms with van der Waals surface area (Å²) >= 11 is 0. The molecule has 31 heavy (non-hydrogen) atoms. The number of hydrogen-bond donors (Lipinski definition) is 1. The van der Waals surface area contributed by atoms with Crippen molar-refractivity contribution in [2.24, 2.45) is 0 Å². The van der Waals surface area contributed by atoms with Gasteiger partial charge in [0.25, 0.3) is 0 Å². The van der Waals surface area contributed by atoms with Crippen LogP contribution in [0, 0.1) is 12.3 Å². The van der Waals surface area contributed by atoms with Crippen LogP contribution in [-0.4, -0.2) is 51.7 Å². The first-order valence-electron chi connectivity index (χ1n) is 10.3. The Morgan fingerprint density at radius 2 is 1.94 bits per heavy atom. The van der Waals surface area contributed by atoms with Gasteiger partial charge in [-0.25, -0.2) is 4.98 Å². The molecule has 1 aliphatic heterocycles. The van der Waals surface area contributed by atoms with Crippen LogP contribution in [0.1, 0.15) is 25.0 Å². The number of rotatable bonds is 5. The average Bonchev–Trinajstić information content (AvgIpc) is 2.79. The maximum atomic E-state index is 12.8. The molecule has 2 heterocycles. The van der Waals surface area contributed by atoms with Crippen LogP contribution < -0.4 is 4.74 Å². The molecule has 6 heteroatoms. The lowest BCUT2D eigenvalue weighted by molar-refractivity contribution is -0.134. The van der Waals surface area contributed by atoms with Crippen molar-refractivity contribution in [1.29, 1.82) is 0 Å². The summed E-state index contributed by atoms with van der Waals surface area (Å²) in [5, 5.41) is 10.4. The first-order chi connectivity index (χ1) is 15.0. The maximum absolute atomic E-state index is 12.8. The fourth-order valence-electron chi connectivity index (χ4n) is 4.02. The molecule has 0 radical (unpaired) electrons. The predicted molar refractivity (Wildman–Crippen MR) is 119 cm³/mol. The Hall–Kier alpha value is -3.43. The zero-order chi connectivity index (χ0) is 21.8. The number of terminal acetylenes is 1. The second-order valence-electron chi connectivity index (χ2n) is 7.90. The van der Waals surface area contributed by atoms with Gasteiger partial charge in [-0.05, 0) is 30.5 Å². The molecule has 1 aromatic heterocycles. The van der Waals surface area contributed by atoms with Crippen LogP contribution in [0.5, 0.6) is 5.75 Å². The molecule has 0 aliphatic carbocycles. The first-order valence-corrected chi connectivity index (χ1v) is 10.3. The van der Waals surface area contributed by atoms with E-state index in [4.69, 9.17) is 16.1 Å². The van der Waals surface area contributed by atoms with E-state index in [1.807, 2.05) is 42.5 Å². The lowest BCUT2D eigenvalue weighted by Crippen LogP contribution is -2.47. The van der Waals surface area contributed by atoms with Crippen molar-refractivity contribution < 1.29 is 14.6 Å². The fraction of sp³-hybridized carbons (Fsp3) is 0.320. The third-order valence-electron chi connectivity index (χ3n) is 5.83. The summed E-state index contributed by atoms with van der Waals surface area (Å²) in [6, 6.07) is 13.8. The van der Waals surface area contributed by atoms with E-state index >= 15 is 0 Å². The number of ether oxygens (including phenoxy) is 1. The van der Waals surface area contributed by atoms with Gasteiger partial charge in [0.2, 0.25) is 5.91 Å². The van der Waals surface area contributed by atoms with E-state index in [2.05, 4.69) is 10.9 Å². The van der Waals surface area contributed by atoms with Gasteiger partial charge >= 0.3 is 0 Å². The van der Waals surface area contributed by atoms with E-state index in [0.29, 0.717) is 49.3 Å². The highest BCUT2D eigenvalue weighted by molar-refractivity contribution is 5.95. The molecular weight excluding hydrogens is 390 g/mol. The van der Waals surface area contributed by atoms with Crippen molar-refractivity contribution in [3.05, 3.63) is 54.4 Å². The number of aromatic nitrogens is 2. The van der Waals surface area contributed by atoms with Gasteiger partial charge in [-0.2, -0.15) is 0 Å². The van der Waals surface area contributed by atoms with E-state index in [-0.39, 0.29) is 12.3 Å². The Morgan fingerprint density at radius 3 is 2.61 bits per heavy atom. The third kappa shape index (κ3) is 4.37. The Labute approximate surface area is 181 Å². The summed E-state index contributed by atoms with van der Waals surface area (Å²) in [7, 11) is 1.60. The molecule has 6 nitrogen and oxygen atoms in total. The summed E-state index contributed by atoms with van der Waals surface area (Å²) in [5.74, 6) is 3.11. The van der Waals surface area contributed by atoms with Crippen LogP contribution in [0.4, 0.5) is 0 Å². The fourth-order valence-corrected chi connectivity index (χ4v) is 4.02. The van der Waals surface area contributed by atoms with Crippen molar-refractivity contribution in [2.45, 2.75) is 31.3 Å². The number of hydrogen-bond acceptors (Lipinski definition) is 5. The van der Waals surface area contributed by atoms with Crippen LogP contribution in [-0.2, 0) is 11.2 Å². The second kappa shape index (κ2) is 8.75. The Balaban J connectivity index is 1.57. The Bertz CT molecular complexity index is 1130. The summed E-state index contributed by atoms with van der Waals surface area (Å²) < 4.78 is 5.50. The van der Waals surface area contributed by atoms with E-state index < -0.39 is 5.60 Å². The smallest absolute Gasteiger partial charge is 0.228 e. The molecule has 0 bridgehead atoms. The summed E-state index contributed by atoms with van der Waals surface area (Å²) in [4.78, 5) is 23.9. The molecular formula is C25H25N3O3. The molecule has 0 unspecified atom stereocenters. The number of benzene rings is 2. The van der Waals surface area contributed by atoms with E-state index in [9.17, 15) is 9.90 Å². The number of aliphatic hydroxyl groups is 1. The standard InChI is InChI=1S/C25H25N3O3/c1-3-11-25(30)12-14-28(15-13-25)22(29)16-19-17-26-23-20(18-7-5-4-6-8-18)9-10-21(31-2)24(23)27-19/h1,4-10,17,30H,11-16H2,2H3. The number of amides is 1. The summed E-state index contributed by atoms with van der Waals surface area (Å²) in [6.45, 7) is 0.971. The number of methoxy groups -OCH3 is 1. The number of carbonyl (C=O) groups excluding carboxylic acids is 1. The van der Waals surface area contributed by atoms with Crippen LogP contribution >= 0.6 is 0 Å². The zero-order valence-corrected chi connectivity index (χ0v) is 17.5. The minimum absolute atomic E-state index is 0.0328. The molecule has 3 aromatic rings. The monoisotopic (exact) mass is 415 g/mol. The normalized spacial score (nSPS) is 15.5. The molecule has 1 saturated heterocycles. The first kappa shape index (κ1) is 20.8.